The molecule has 0 saturated carbocycles. The quantitative estimate of drug-likeness (QED) is 0.720. The van der Waals surface area contributed by atoms with E-state index in [2.05, 4.69) is 31.7 Å². The van der Waals surface area contributed by atoms with E-state index in [4.69, 9.17) is 11.6 Å². The van der Waals surface area contributed by atoms with Crippen LogP contribution in [0.15, 0.2) is 24.3 Å². The van der Waals surface area contributed by atoms with Gasteiger partial charge in [0, 0.05) is 5.02 Å². The highest BCUT2D eigenvalue weighted by molar-refractivity contribution is 7.80. The van der Waals surface area contributed by atoms with Crippen molar-refractivity contribution in [3.05, 3.63) is 40.4 Å². The van der Waals surface area contributed by atoms with Crippen LogP contribution in [0.25, 0.3) is 6.08 Å². The lowest BCUT2D eigenvalue weighted by Crippen LogP contribution is -1.78. The van der Waals surface area contributed by atoms with Crippen molar-refractivity contribution in [1.29, 1.82) is 0 Å². The van der Waals surface area contributed by atoms with Gasteiger partial charge in [0.05, 0.1) is 0 Å². The predicted octanol–water partition coefficient (Wildman–Crippen LogP) is 3.98. The molecule has 0 spiro atoms. The van der Waals surface area contributed by atoms with Crippen LogP contribution in [0, 0.1) is 6.92 Å². The maximum absolute atomic E-state index is 6.00. The summed E-state index contributed by atoms with van der Waals surface area (Å²) in [6.07, 6.45) is 5.12. The summed E-state index contributed by atoms with van der Waals surface area (Å²) >= 11 is 10.1. The molecular formula is C11H13ClS. The number of rotatable bonds is 3. The van der Waals surface area contributed by atoms with Crippen LogP contribution in [0.1, 0.15) is 17.5 Å². The Morgan fingerprint density at radius 1 is 1.46 bits per heavy atom. The minimum Gasteiger partial charge on any atom is -0.179 e. The summed E-state index contributed by atoms with van der Waals surface area (Å²) in [5.74, 6) is 0.875. The number of aryl methyl sites for hydroxylation is 1. The average Bonchev–Trinajstić information content (AvgIpc) is 2.11. The van der Waals surface area contributed by atoms with Crippen molar-refractivity contribution in [1.82, 2.24) is 0 Å². The van der Waals surface area contributed by atoms with Crippen molar-refractivity contribution in [3.63, 3.8) is 0 Å². The molecular weight excluding hydrogens is 200 g/mol. The molecule has 0 fully saturated rings. The normalized spacial score (nSPS) is 11.0. The molecule has 0 amide bonds. The second kappa shape index (κ2) is 5.36. The van der Waals surface area contributed by atoms with Crippen molar-refractivity contribution in [2.75, 3.05) is 5.75 Å². The maximum atomic E-state index is 6.00. The molecule has 70 valence electrons. The molecule has 0 unspecified atom stereocenters. The molecule has 1 aromatic rings. The summed E-state index contributed by atoms with van der Waals surface area (Å²) in [4.78, 5) is 0. The van der Waals surface area contributed by atoms with E-state index in [0.29, 0.717) is 0 Å². The molecule has 0 atom stereocenters. The zero-order chi connectivity index (χ0) is 9.68. The highest BCUT2D eigenvalue weighted by Crippen LogP contribution is 2.18. The Bertz CT molecular complexity index is 305. The van der Waals surface area contributed by atoms with Crippen LogP contribution in [0.2, 0.25) is 5.02 Å². The third kappa shape index (κ3) is 3.45. The first kappa shape index (κ1) is 10.7. The second-order valence-electron chi connectivity index (χ2n) is 2.94. The lowest BCUT2D eigenvalue weighted by molar-refractivity contribution is 1.26. The number of hydrogen-bond donors (Lipinski definition) is 1. The second-order valence-corrected chi connectivity index (χ2v) is 3.79. The predicted molar refractivity (Wildman–Crippen MR) is 63.7 cm³/mol. The van der Waals surface area contributed by atoms with Crippen molar-refractivity contribution in [2.45, 2.75) is 13.3 Å². The van der Waals surface area contributed by atoms with Gasteiger partial charge in [0.1, 0.15) is 0 Å². The minimum atomic E-state index is 0.806. The van der Waals surface area contributed by atoms with Gasteiger partial charge in [-0.15, -0.1) is 0 Å². The molecule has 0 bridgehead atoms. The summed E-state index contributed by atoms with van der Waals surface area (Å²) in [5, 5.41) is 0.806. The Labute approximate surface area is 90.0 Å². The largest absolute Gasteiger partial charge is 0.179 e. The van der Waals surface area contributed by atoms with Gasteiger partial charge in [-0.3, -0.25) is 0 Å². The fourth-order valence-corrected chi connectivity index (χ4v) is 1.41. The number of halogens is 1. The van der Waals surface area contributed by atoms with Gasteiger partial charge in [0.15, 0.2) is 0 Å². The minimum absolute atomic E-state index is 0.806. The Morgan fingerprint density at radius 3 is 2.92 bits per heavy atom. The molecule has 0 aliphatic rings. The van der Waals surface area contributed by atoms with Crippen LogP contribution in [-0.4, -0.2) is 5.75 Å². The van der Waals surface area contributed by atoms with E-state index < -0.39 is 0 Å². The molecule has 1 rings (SSSR count). The van der Waals surface area contributed by atoms with E-state index in [1.54, 1.807) is 0 Å². The molecule has 0 aromatic heterocycles. The van der Waals surface area contributed by atoms with Crippen LogP contribution >= 0.6 is 24.2 Å². The van der Waals surface area contributed by atoms with Crippen molar-refractivity contribution >= 4 is 30.3 Å². The SMILES string of the molecule is Cc1ccc(Cl)c(C=CCCS)c1. The molecule has 13 heavy (non-hydrogen) atoms. The highest BCUT2D eigenvalue weighted by Gasteiger charge is 1.95. The summed E-state index contributed by atoms with van der Waals surface area (Å²) in [5.41, 5.74) is 2.32. The van der Waals surface area contributed by atoms with Gasteiger partial charge in [0.2, 0.25) is 0 Å². The Balaban J connectivity index is 2.81. The fraction of sp³-hybridized carbons (Fsp3) is 0.273. The summed E-state index contributed by atoms with van der Waals surface area (Å²) in [6.45, 7) is 2.06. The van der Waals surface area contributed by atoms with Gasteiger partial charge in [-0.2, -0.15) is 12.6 Å². The van der Waals surface area contributed by atoms with Crippen LogP contribution in [-0.2, 0) is 0 Å². The third-order valence-electron chi connectivity index (χ3n) is 1.74. The van der Waals surface area contributed by atoms with Crippen LogP contribution in [0.5, 0.6) is 0 Å². The van der Waals surface area contributed by atoms with Crippen LogP contribution in [0.3, 0.4) is 0 Å². The van der Waals surface area contributed by atoms with Gasteiger partial charge in [-0.25, -0.2) is 0 Å². The van der Waals surface area contributed by atoms with E-state index in [9.17, 15) is 0 Å². The van der Waals surface area contributed by atoms with Crippen LogP contribution in [0.4, 0.5) is 0 Å². The molecule has 0 aliphatic heterocycles. The number of allylic oxidation sites excluding steroid dienone is 1. The smallest absolute Gasteiger partial charge is 0.0478 e. The molecule has 0 heterocycles. The molecule has 0 N–H and O–H groups in total. The third-order valence-corrected chi connectivity index (χ3v) is 2.35. The van der Waals surface area contributed by atoms with Gasteiger partial charge >= 0.3 is 0 Å². The molecule has 1 aromatic carbocycles. The van der Waals surface area contributed by atoms with Gasteiger partial charge in [0.25, 0.3) is 0 Å². The topological polar surface area (TPSA) is 0 Å². The molecule has 2 heteroatoms. The van der Waals surface area contributed by atoms with E-state index in [0.717, 1.165) is 22.8 Å². The van der Waals surface area contributed by atoms with Crippen molar-refractivity contribution in [3.8, 4) is 0 Å². The van der Waals surface area contributed by atoms with E-state index >= 15 is 0 Å². The molecule has 0 radical (unpaired) electrons. The lowest BCUT2D eigenvalue weighted by atomic mass is 10.1. The maximum Gasteiger partial charge on any atom is 0.0478 e. The van der Waals surface area contributed by atoms with Crippen molar-refractivity contribution < 1.29 is 0 Å². The van der Waals surface area contributed by atoms with E-state index in [-0.39, 0.29) is 0 Å². The van der Waals surface area contributed by atoms with E-state index in [1.807, 2.05) is 18.2 Å². The first-order chi connectivity index (χ1) is 6.24. The van der Waals surface area contributed by atoms with Crippen LogP contribution < -0.4 is 0 Å². The standard InChI is InChI=1S/C11H13ClS/c1-9-5-6-11(12)10(8-9)4-2-3-7-13/h2,4-6,8,13H,3,7H2,1H3. The molecule has 0 aliphatic carbocycles. The highest BCUT2D eigenvalue weighted by atomic mass is 35.5. The molecule has 0 nitrogen and oxygen atoms in total. The summed E-state index contributed by atoms with van der Waals surface area (Å²) < 4.78 is 0. The van der Waals surface area contributed by atoms with Gasteiger partial charge in [-0.1, -0.05) is 41.4 Å². The molecule has 0 saturated heterocycles. The first-order valence-corrected chi connectivity index (χ1v) is 5.28. The first-order valence-electron chi connectivity index (χ1n) is 4.27. The van der Waals surface area contributed by atoms with E-state index in [1.165, 1.54) is 5.56 Å². The lowest BCUT2D eigenvalue weighted by Gasteiger charge is -1.99. The van der Waals surface area contributed by atoms with Gasteiger partial charge in [-0.05, 0) is 30.7 Å². The fourth-order valence-electron chi connectivity index (χ4n) is 1.08. The number of thiol groups is 1. The summed E-state index contributed by atoms with van der Waals surface area (Å²) in [7, 11) is 0. The zero-order valence-electron chi connectivity index (χ0n) is 7.63. The zero-order valence-corrected chi connectivity index (χ0v) is 9.28. The monoisotopic (exact) mass is 212 g/mol. The average molecular weight is 213 g/mol. The Kier molecular flexibility index (Phi) is 4.40. The van der Waals surface area contributed by atoms with Crippen molar-refractivity contribution in [2.24, 2.45) is 0 Å². The number of benzene rings is 1. The Morgan fingerprint density at radius 2 is 2.23 bits per heavy atom. The summed E-state index contributed by atoms with van der Waals surface area (Å²) in [6, 6.07) is 6.02. The van der Waals surface area contributed by atoms with Gasteiger partial charge < -0.3 is 0 Å². The number of hydrogen-bond acceptors (Lipinski definition) is 1. The Hall–Kier alpha value is -0.400.